The molecule has 1 aromatic carbocycles. The second-order valence-electron chi connectivity index (χ2n) is 6.95. The van der Waals surface area contributed by atoms with Gasteiger partial charge in [0.1, 0.15) is 0 Å². The molecular weight excluding hydrogens is 330 g/mol. The molecule has 0 saturated carbocycles. The predicted octanol–water partition coefficient (Wildman–Crippen LogP) is 4.19. The van der Waals surface area contributed by atoms with E-state index in [2.05, 4.69) is 28.9 Å². The summed E-state index contributed by atoms with van der Waals surface area (Å²) in [5.41, 5.74) is 3.02. The minimum Gasteiger partial charge on any atom is -0.333 e. The zero-order valence-corrected chi connectivity index (χ0v) is 16.4. The van der Waals surface area contributed by atoms with Gasteiger partial charge in [0, 0.05) is 24.0 Å². The van der Waals surface area contributed by atoms with Crippen LogP contribution in [0.25, 0.3) is 0 Å². The van der Waals surface area contributed by atoms with E-state index in [1.165, 1.54) is 36.4 Å². The Kier molecular flexibility index (Phi) is 5.54. The van der Waals surface area contributed by atoms with Gasteiger partial charge in [-0.25, -0.2) is 4.98 Å². The molecule has 1 aliphatic rings. The Bertz CT molecular complexity index is 732. The number of aryl methyl sites for hydroxylation is 2. The van der Waals surface area contributed by atoms with Gasteiger partial charge in [-0.2, -0.15) is 0 Å². The predicted molar refractivity (Wildman–Crippen MR) is 103 cm³/mol. The summed E-state index contributed by atoms with van der Waals surface area (Å²) in [6.07, 6.45) is 2.60. The van der Waals surface area contributed by atoms with Crippen molar-refractivity contribution in [3.05, 3.63) is 51.0 Å². The van der Waals surface area contributed by atoms with Crippen LogP contribution in [0.4, 0.5) is 0 Å². The van der Waals surface area contributed by atoms with Crippen LogP contribution < -0.4 is 0 Å². The molecule has 0 bridgehead atoms. The van der Waals surface area contributed by atoms with Crippen molar-refractivity contribution in [1.29, 1.82) is 0 Å². The summed E-state index contributed by atoms with van der Waals surface area (Å²) in [5, 5.41) is 1.05. The first-order valence-electron chi connectivity index (χ1n) is 8.98. The number of likely N-dealkylation sites (tertiary alicyclic amines) is 1. The standard InChI is InChI=1S/C20H27N3OS/c1-14(19-15(2)25-16(3)21-19)22(4)20(24)18-9-7-17(8-10-18)13-23-11-5-6-12-23/h7-10,14H,5-6,11-13H2,1-4H3/t14-/m0/s1. The molecule has 5 heteroatoms. The number of rotatable bonds is 5. The zero-order valence-electron chi connectivity index (χ0n) is 15.6. The molecule has 25 heavy (non-hydrogen) atoms. The van der Waals surface area contributed by atoms with Gasteiger partial charge < -0.3 is 4.90 Å². The van der Waals surface area contributed by atoms with Crippen molar-refractivity contribution in [2.75, 3.05) is 20.1 Å². The monoisotopic (exact) mass is 357 g/mol. The third kappa shape index (κ3) is 4.10. The molecule has 2 heterocycles. The first-order valence-corrected chi connectivity index (χ1v) is 9.79. The third-order valence-electron chi connectivity index (χ3n) is 5.04. The van der Waals surface area contributed by atoms with E-state index < -0.39 is 0 Å². The summed E-state index contributed by atoms with van der Waals surface area (Å²) in [6, 6.07) is 8.05. The van der Waals surface area contributed by atoms with Crippen molar-refractivity contribution in [1.82, 2.24) is 14.8 Å². The molecule has 0 spiro atoms. The molecule has 1 saturated heterocycles. The highest BCUT2D eigenvalue weighted by Gasteiger charge is 2.22. The van der Waals surface area contributed by atoms with Gasteiger partial charge in [-0.15, -0.1) is 11.3 Å². The van der Waals surface area contributed by atoms with Gasteiger partial charge in [-0.1, -0.05) is 12.1 Å². The lowest BCUT2D eigenvalue weighted by Gasteiger charge is -2.24. The van der Waals surface area contributed by atoms with E-state index in [0.29, 0.717) is 0 Å². The zero-order chi connectivity index (χ0) is 18.0. The molecule has 1 aromatic heterocycles. The second kappa shape index (κ2) is 7.67. The fraction of sp³-hybridized carbons (Fsp3) is 0.500. The van der Waals surface area contributed by atoms with Crippen LogP contribution in [0.1, 0.15) is 57.3 Å². The Morgan fingerprint density at radius 3 is 2.44 bits per heavy atom. The Hall–Kier alpha value is -1.72. The van der Waals surface area contributed by atoms with Gasteiger partial charge in [-0.3, -0.25) is 9.69 Å². The van der Waals surface area contributed by atoms with Gasteiger partial charge in [0.15, 0.2) is 0 Å². The fourth-order valence-electron chi connectivity index (χ4n) is 3.45. The third-order valence-corrected chi connectivity index (χ3v) is 5.94. The minimum atomic E-state index is -0.0262. The molecule has 4 nitrogen and oxygen atoms in total. The number of nitrogens with zero attached hydrogens (tertiary/aromatic N) is 3. The SMILES string of the molecule is Cc1nc([C@H](C)N(C)C(=O)c2ccc(CN3CCCC3)cc2)c(C)s1. The molecule has 1 amide bonds. The van der Waals surface area contributed by atoms with E-state index in [-0.39, 0.29) is 11.9 Å². The molecule has 3 rings (SSSR count). The molecule has 134 valence electrons. The number of aromatic nitrogens is 1. The van der Waals surface area contributed by atoms with Crippen LogP contribution in [-0.4, -0.2) is 40.8 Å². The summed E-state index contributed by atoms with van der Waals surface area (Å²) in [6.45, 7) is 9.48. The van der Waals surface area contributed by atoms with Crippen LogP contribution in [0.2, 0.25) is 0 Å². The van der Waals surface area contributed by atoms with Gasteiger partial charge in [0.2, 0.25) is 0 Å². The maximum atomic E-state index is 12.8. The number of thiazole rings is 1. The number of carbonyl (C=O) groups excluding carboxylic acids is 1. The summed E-state index contributed by atoms with van der Waals surface area (Å²) in [4.78, 5) is 22.9. The van der Waals surface area contributed by atoms with Gasteiger partial charge in [-0.05, 0) is 64.4 Å². The van der Waals surface area contributed by atoms with Crippen molar-refractivity contribution in [2.45, 2.75) is 46.2 Å². The molecule has 0 aliphatic carbocycles. The minimum absolute atomic E-state index is 0.0262. The number of amides is 1. The first kappa shape index (κ1) is 18.1. The average molecular weight is 358 g/mol. The highest BCUT2D eigenvalue weighted by Crippen LogP contribution is 2.27. The van der Waals surface area contributed by atoms with Crippen LogP contribution in [0, 0.1) is 13.8 Å². The first-order chi connectivity index (χ1) is 12.0. The van der Waals surface area contributed by atoms with E-state index in [1.807, 2.05) is 33.0 Å². The molecule has 0 radical (unpaired) electrons. The van der Waals surface area contributed by atoms with Gasteiger partial charge in [0.25, 0.3) is 5.91 Å². The van der Waals surface area contributed by atoms with Crippen LogP contribution in [0.3, 0.4) is 0 Å². The maximum absolute atomic E-state index is 12.8. The summed E-state index contributed by atoms with van der Waals surface area (Å²) in [5.74, 6) is 0.0466. The normalized spacial score (nSPS) is 16.2. The van der Waals surface area contributed by atoms with E-state index in [4.69, 9.17) is 0 Å². The Morgan fingerprint density at radius 2 is 1.88 bits per heavy atom. The largest absolute Gasteiger partial charge is 0.333 e. The number of benzene rings is 1. The van der Waals surface area contributed by atoms with Crippen LogP contribution in [0.5, 0.6) is 0 Å². The number of hydrogen-bond acceptors (Lipinski definition) is 4. The van der Waals surface area contributed by atoms with Crippen molar-refractivity contribution in [3.63, 3.8) is 0 Å². The smallest absolute Gasteiger partial charge is 0.254 e. The molecule has 2 aromatic rings. The van der Waals surface area contributed by atoms with E-state index >= 15 is 0 Å². The highest BCUT2D eigenvalue weighted by atomic mass is 32.1. The van der Waals surface area contributed by atoms with Crippen molar-refractivity contribution in [3.8, 4) is 0 Å². The molecule has 0 N–H and O–H groups in total. The molecule has 1 aliphatic heterocycles. The fourth-order valence-corrected chi connectivity index (χ4v) is 4.36. The lowest BCUT2D eigenvalue weighted by molar-refractivity contribution is 0.0739. The molecule has 1 atom stereocenters. The summed E-state index contributed by atoms with van der Waals surface area (Å²) >= 11 is 1.69. The quantitative estimate of drug-likeness (QED) is 0.805. The van der Waals surface area contributed by atoms with Crippen molar-refractivity contribution in [2.24, 2.45) is 0 Å². The van der Waals surface area contributed by atoms with Gasteiger partial charge in [0.05, 0.1) is 16.7 Å². The Balaban J connectivity index is 1.68. The Labute approximate surface area is 154 Å². The number of hydrogen-bond donors (Lipinski definition) is 0. The average Bonchev–Trinajstić information content (AvgIpc) is 3.22. The molecular formula is C20H27N3OS. The van der Waals surface area contributed by atoms with E-state index in [9.17, 15) is 4.79 Å². The van der Waals surface area contributed by atoms with E-state index in [1.54, 1.807) is 16.2 Å². The van der Waals surface area contributed by atoms with E-state index in [0.717, 1.165) is 22.8 Å². The Morgan fingerprint density at radius 1 is 1.24 bits per heavy atom. The maximum Gasteiger partial charge on any atom is 0.254 e. The van der Waals surface area contributed by atoms with Crippen molar-refractivity contribution < 1.29 is 4.79 Å². The summed E-state index contributed by atoms with van der Waals surface area (Å²) in [7, 11) is 1.86. The lowest BCUT2D eigenvalue weighted by Crippen LogP contribution is -2.30. The van der Waals surface area contributed by atoms with Crippen molar-refractivity contribution >= 4 is 17.2 Å². The van der Waals surface area contributed by atoms with Gasteiger partial charge >= 0.3 is 0 Å². The highest BCUT2D eigenvalue weighted by molar-refractivity contribution is 7.11. The topological polar surface area (TPSA) is 36.4 Å². The van der Waals surface area contributed by atoms with Crippen LogP contribution in [0.15, 0.2) is 24.3 Å². The molecule has 1 fully saturated rings. The summed E-state index contributed by atoms with van der Waals surface area (Å²) < 4.78 is 0. The second-order valence-corrected chi connectivity index (χ2v) is 8.35. The van der Waals surface area contributed by atoms with Crippen LogP contribution >= 0.6 is 11.3 Å². The molecule has 0 unspecified atom stereocenters. The lowest BCUT2D eigenvalue weighted by atomic mass is 10.1. The number of carbonyl (C=O) groups is 1. The van der Waals surface area contributed by atoms with Crippen LogP contribution in [-0.2, 0) is 6.54 Å².